The number of hydrogen-bond acceptors (Lipinski definition) is 2. The highest BCUT2D eigenvalue weighted by molar-refractivity contribution is 5.88. The molecular formula is C8H12N2O3. The molecule has 0 aromatic carbocycles. The van der Waals surface area contributed by atoms with Crippen LogP contribution >= 0.6 is 0 Å². The molecular weight excluding hydrogens is 172 g/mol. The molecule has 5 heteroatoms. The number of carbonyl (C=O) groups is 1. The van der Waals surface area contributed by atoms with Crippen LogP contribution < -0.4 is 5.56 Å². The van der Waals surface area contributed by atoms with E-state index in [-0.39, 0.29) is 11.0 Å². The summed E-state index contributed by atoms with van der Waals surface area (Å²) >= 11 is 0. The van der Waals surface area contributed by atoms with E-state index in [4.69, 9.17) is 5.11 Å². The summed E-state index contributed by atoms with van der Waals surface area (Å²) in [6, 6.07) is 0. The highest BCUT2D eigenvalue weighted by Gasteiger charge is 2.26. The number of carboxylic acid groups (broad SMARTS) is 1. The van der Waals surface area contributed by atoms with Crippen molar-refractivity contribution in [1.82, 2.24) is 10.2 Å². The summed E-state index contributed by atoms with van der Waals surface area (Å²) in [6.07, 6.45) is 0. The molecule has 1 heterocycles. The quantitative estimate of drug-likeness (QED) is 0.600. The topological polar surface area (TPSA) is 86.0 Å². The largest absolute Gasteiger partial charge is 0.477 e. The van der Waals surface area contributed by atoms with Crippen LogP contribution in [0.15, 0.2) is 4.79 Å². The van der Waals surface area contributed by atoms with Gasteiger partial charge in [-0.05, 0) is 0 Å². The summed E-state index contributed by atoms with van der Waals surface area (Å²) < 4.78 is 0. The minimum Gasteiger partial charge on any atom is -0.477 e. The number of aromatic carboxylic acids is 1. The second-order valence-corrected chi connectivity index (χ2v) is 3.88. The van der Waals surface area contributed by atoms with Gasteiger partial charge in [-0.25, -0.2) is 4.79 Å². The van der Waals surface area contributed by atoms with Gasteiger partial charge in [-0.3, -0.25) is 9.89 Å². The maximum absolute atomic E-state index is 11.1. The van der Waals surface area contributed by atoms with E-state index in [1.165, 1.54) is 0 Å². The first kappa shape index (κ1) is 9.57. The van der Waals surface area contributed by atoms with E-state index in [9.17, 15) is 9.59 Å². The molecule has 5 nitrogen and oxygen atoms in total. The Morgan fingerprint density at radius 3 is 2.15 bits per heavy atom. The molecule has 0 unspecified atom stereocenters. The van der Waals surface area contributed by atoms with E-state index >= 15 is 0 Å². The molecule has 72 valence electrons. The molecule has 1 aromatic rings. The zero-order chi connectivity index (χ0) is 10.2. The third-order valence-corrected chi connectivity index (χ3v) is 1.74. The lowest BCUT2D eigenvalue weighted by Crippen LogP contribution is -2.20. The lowest BCUT2D eigenvalue weighted by Gasteiger charge is -2.16. The first-order valence-electron chi connectivity index (χ1n) is 3.88. The van der Waals surface area contributed by atoms with Crippen molar-refractivity contribution in [2.24, 2.45) is 0 Å². The summed E-state index contributed by atoms with van der Waals surface area (Å²) in [5, 5.41) is 13.6. The number of hydrogen-bond donors (Lipinski definition) is 3. The predicted molar refractivity (Wildman–Crippen MR) is 47.1 cm³/mol. The van der Waals surface area contributed by atoms with Crippen LogP contribution in [-0.2, 0) is 5.41 Å². The number of rotatable bonds is 1. The lowest BCUT2D eigenvalue weighted by molar-refractivity contribution is 0.0693. The van der Waals surface area contributed by atoms with Crippen molar-refractivity contribution >= 4 is 5.97 Å². The second-order valence-electron chi connectivity index (χ2n) is 3.88. The summed E-state index contributed by atoms with van der Waals surface area (Å²) in [6.45, 7) is 5.50. The third-order valence-electron chi connectivity index (χ3n) is 1.74. The summed E-state index contributed by atoms with van der Waals surface area (Å²) in [5.74, 6) is -1.20. The van der Waals surface area contributed by atoms with Gasteiger partial charge in [0, 0.05) is 5.41 Å². The normalized spacial score (nSPS) is 11.6. The van der Waals surface area contributed by atoms with E-state index in [1.54, 1.807) is 0 Å². The molecule has 0 aliphatic heterocycles. The molecule has 0 saturated carbocycles. The molecule has 0 saturated heterocycles. The number of carboxylic acids is 1. The van der Waals surface area contributed by atoms with Gasteiger partial charge in [-0.2, -0.15) is 0 Å². The molecule has 1 aromatic heterocycles. The average Bonchev–Trinajstić information content (AvgIpc) is 2.28. The number of aromatic nitrogens is 2. The Balaban J connectivity index is 3.40. The van der Waals surface area contributed by atoms with Crippen molar-refractivity contribution in [3.05, 3.63) is 21.6 Å². The van der Waals surface area contributed by atoms with Crippen LogP contribution in [0.5, 0.6) is 0 Å². The van der Waals surface area contributed by atoms with Crippen LogP contribution in [0.25, 0.3) is 0 Å². The summed E-state index contributed by atoms with van der Waals surface area (Å²) in [7, 11) is 0. The predicted octanol–water partition coefficient (Wildman–Crippen LogP) is 0.699. The second kappa shape index (κ2) is 2.76. The van der Waals surface area contributed by atoms with Gasteiger partial charge < -0.3 is 10.2 Å². The van der Waals surface area contributed by atoms with Crippen LogP contribution in [0.1, 0.15) is 36.8 Å². The van der Waals surface area contributed by atoms with Crippen molar-refractivity contribution in [2.45, 2.75) is 26.2 Å². The van der Waals surface area contributed by atoms with E-state index < -0.39 is 11.5 Å². The van der Waals surface area contributed by atoms with E-state index in [0.717, 1.165) is 0 Å². The van der Waals surface area contributed by atoms with Crippen molar-refractivity contribution < 1.29 is 9.90 Å². The lowest BCUT2D eigenvalue weighted by atomic mass is 9.89. The first-order chi connectivity index (χ1) is 5.84. The third kappa shape index (κ3) is 1.63. The molecule has 0 amide bonds. The van der Waals surface area contributed by atoms with Crippen molar-refractivity contribution in [1.29, 1.82) is 0 Å². The van der Waals surface area contributed by atoms with Gasteiger partial charge in [0.25, 0.3) is 5.56 Å². The van der Waals surface area contributed by atoms with Crippen molar-refractivity contribution in [2.75, 3.05) is 0 Å². The number of nitrogens with one attached hydrogen (secondary N) is 2. The fourth-order valence-electron chi connectivity index (χ4n) is 1.12. The Morgan fingerprint density at radius 2 is 1.85 bits per heavy atom. The molecule has 0 aliphatic carbocycles. The first-order valence-corrected chi connectivity index (χ1v) is 3.88. The highest BCUT2D eigenvalue weighted by atomic mass is 16.4. The fraction of sp³-hybridized carbons (Fsp3) is 0.500. The molecule has 0 spiro atoms. The molecule has 0 atom stereocenters. The Hall–Kier alpha value is -1.52. The summed E-state index contributed by atoms with van der Waals surface area (Å²) in [4.78, 5) is 21.8. The molecule has 0 radical (unpaired) electrons. The molecule has 0 fully saturated rings. The van der Waals surface area contributed by atoms with Gasteiger partial charge in [0.2, 0.25) is 0 Å². The van der Waals surface area contributed by atoms with Crippen molar-refractivity contribution in [3.63, 3.8) is 0 Å². The average molecular weight is 184 g/mol. The van der Waals surface area contributed by atoms with Gasteiger partial charge in [-0.1, -0.05) is 20.8 Å². The van der Waals surface area contributed by atoms with E-state index in [0.29, 0.717) is 5.69 Å². The maximum Gasteiger partial charge on any atom is 0.343 e. The van der Waals surface area contributed by atoms with E-state index in [2.05, 4.69) is 10.2 Å². The van der Waals surface area contributed by atoms with Crippen LogP contribution in [-0.4, -0.2) is 21.3 Å². The van der Waals surface area contributed by atoms with Gasteiger partial charge in [0.15, 0.2) is 0 Å². The SMILES string of the molecule is CC(C)(C)c1[nH][nH]c(=O)c1C(=O)O. The molecule has 0 aliphatic rings. The zero-order valence-electron chi connectivity index (χ0n) is 7.76. The molecule has 3 N–H and O–H groups in total. The highest BCUT2D eigenvalue weighted by Crippen LogP contribution is 2.21. The van der Waals surface area contributed by atoms with Crippen molar-refractivity contribution in [3.8, 4) is 0 Å². The monoisotopic (exact) mass is 184 g/mol. The van der Waals surface area contributed by atoms with Crippen LogP contribution in [0, 0.1) is 0 Å². The maximum atomic E-state index is 11.1. The standard InChI is InChI=1S/C8H12N2O3/c1-8(2,3)5-4(7(12)13)6(11)10-9-5/h1-3H3,(H,12,13)(H2,9,10,11). The van der Waals surface area contributed by atoms with E-state index in [1.807, 2.05) is 20.8 Å². The van der Waals surface area contributed by atoms with Gasteiger partial charge in [0.05, 0.1) is 5.69 Å². The van der Waals surface area contributed by atoms with Crippen LogP contribution in [0.2, 0.25) is 0 Å². The van der Waals surface area contributed by atoms with Crippen LogP contribution in [0.4, 0.5) is 0 Å². The molecule has 13 heavy (non-hydrogen) atoms. The Kier molecular flexibility index (Phi) is 2.03. The van der Waals surface area contributed by atoms with Gasteiger partial charge in [-0.15, -0.1) is 0 Å². The Morgan fingerprint density at radius 1 is 1.31 bits per heavy atom. The van der Waals surface area contributed by atoms with Crippen LogP contribution in [0.3, 0.4) is 0 Å². The Bertz CT molecular complexity index is 381. The molecule has 1 rings (SSSR count). The zero-order valence-corrected chi connectivity index (χ0v) is 7.76. The number of aromatic amines is 2. The smallest absolute Gasteiger partial charge is 0.343 e. The van der Waals surface area contributed by atoms with Gasteiger partial charge >= 0.3 is 5.97 Å². The summed E-state index contributed by atoms with van der Waals surface area (Å²) in [5.41, 5.74) is -0.748. The number of H-pyrrole nitrogens is 2. The Labute approximate surface area is 74.8 Å². The minimum atomic E-state index is -1.20. The fourth-order valence-corrected chi connectivity index (χ4v) is 1.12. The minimum absolute atomic E-state index is 0.201. The molecule has 0 bridgehead atoms. The van der Waals surface area contributed by atoms with Gasteiger partial charge in [0.1, 0.15) is 5.56 Å².